The van der Waals surface area contributed by atoms with Gasteiger partial charge in [-0.05, 0) is 50.2 Å². The van der Waals surface area contributed by atoms with Crippen LogP contribution in [-0.4, -0.2) is 37.1 Å². The third-order valence-corrected chi connectivity index (χ3v) is 4.78. The molecule has 2 aromatic heterocycles. The maximum absolute atomic E-state index is 13.2. The zero-order valence-corrected chi connectivity index (χ0v) is 17.1. The summed E-state index contributed by atoms with van der Waals surface area (Å²) >= 11 is 0. The number of benzene rings is 2. The van der Waals surface area contributed by atoms with Gasteiger partial charge in [-0.2, -0.15) is 9.90 Å². The molecule has 0 aliphatic carbocycles. The van der Waals surface area contributed by atoms with E-state index in [1.54, 1.807) is 26.0 Å². The number of halogens is 1. The number of aromatic carboxylic acids is 1. The average Bonchev–Trinajstić information content (AvgIpc) is 3.39. The number of amides is 1. The van der Waals surface area contributed by atoms with Gasteiger partial charge in [-0.3, -0.25) is 4.79 Å². The summed E-state index contributed by atoms with van der Waals surface area (Å²) < 4.78 is 18.5. The summed E-state index contributed by atoms with van der Waals surface area (Å²) in [5.41, 5.74) is 1.39. The molecule has 1 atom stereocenters. The standard InChI is InChI=1S/C22H18FN5O4/c1-12-18(26-28(25-12)16-6-4-3-5-7-16)21(29)24-13(2)20-17(22(30)31)19(27-32-20)14-8-10-15(23)11-9-14/h3-11,13H,1-2H3,(H,24,29)(H,30,31)/t13-/m1/s1. The molecular formula is C22H18FN5O4. The molecule has 2 N–H and O–H groups in total. The summed E-state index contributed by atoms with van der Waals surface area (Å²) in [6.07, 6.45) is 0. The summed E-state index contributed by atoms with van der Waals surface area (Å²) in [6, 6.07) is 13.5. The Balaban J connectivity index is 1.60. The molecule has 0 spiro atoms. The van der Waals surface area contributed by atoms with E-state index in [2.05, 4.69) is 20.7 Å². The van der Waals surface area contributed by atoms with Crippen molar-refractivity contribution in [2.45, 2.75) is 19.9 Å². The molecule has 2 aromatic carbocycles. The van der Waals surface area contributed by atoms with Gasteiger partial charge in [0.05, 0.1) is 17.4 Å². The fourth-order valence-corrected chi connectivity index (χ4v) is 3.21. The van der Waals surface area contributed by atoms with Gasteiger partial charge in [-0.25, -0.2) is 9.18 Å². The van der Waals surface area contributed by atoms with E-state index in [4.69, 9.17) is 4.52 Å². The maximum Gasteiger partial charge on any atom is 0.341 e. The van der Waals surface area contributed by atoms with Gasteiger partial charge < -0.3 is 14.9 Å². The minimum absolute atomic E-state index is 0.0415. The van der Waals surface area contributed by atoms with Gasteiger partial charge in [0.1, 0.15) is 17.1 Å². The van der Waals surface area contributed by atoms with Crippen LogP contribution in [0.5, 0.6) is 0 Å². The van der Waals surface area contributed by atoms with E-state index in [0.29, 0.717) is 16.9 Å². The summed E-state index contributed by atoms with van der Waals surface area (Å²) in [6.45, 7) is 3.21. The second-order valence-electron chi connectivity index (χ2n) is 7.04. The monoisotopic (exact) mass is 435 g/mol. The molecule has 0 aliphatic rings. The normalized spacial score (nSPS) is 11.8. The van der Waals surface area contributed by atoms with Crippen molar-refractivity contribution < 1.29 is 23.6 Å². The van der Waals surface area contributed by atoms with Crippen LogP contribution in [-0.2, 0) is 0 Å². The first-order valence-corrected chi connectivity index (χ1v) is 9.64. The third-order valence-electron chi connectivity index (χ3n) is 4.78. The molecule has 0 saturated carbocycles. The van der Waals surface area contributed by atoms with Crippen LogP contribution in [0, 0.1) is 12.7 Å². The van der Waals surface area contributed by atoms with Crippen molar-refractivity contribution in [1.82, 2.24) is 25.5 Å². The van der Waals surface area contributed by atoms with Crippen LogP contribution in [0.1, 0.15) is 45.3 Å². The number of aryl methyl sites for hydroxylation is 1. The predicted molar refractivity (Wildman–Crippen MR) is 111 cm³/mol. The van der Waals surface area contributed by atoms with Crippen LogP contribution in [0.3, 0.4) is 0 Å². The Morgan fingerprint density at radius 1 is 1.09 bits per heavy atom. The molecule has 9 nitrogen and oxygen atoms in total. The largest absolute Gasteiger partial charge is 0.477 e. The van der Waals surface area contributed by atoms with Crippen LogP contribution in [0.25, 0.3) is 16.9 Å². The molecule has 1 amide bonds. The fraction of sp³-hybridized carbons (Fsp3) is 0.136. The van der Waals surface area contributed by atoms with Gasteiger partial charge in [0.2, 0.25) is 0 Å². The number of carbonyl (C=O) groups excluding carboxylic acids is 1. The summed E-state index contributed by atoms with van der Waals surface area (Å²) in [7, 11) is 0. The van der Waals surface area contributed by atoms with Crippen LogP contribution >= 0.6 is 0 Å². The maximum atomic E-state index is 13.2. The fourth-order valence-electron chi connectivity index (χ4n) is 3.21. The van der Waals surface area contributed by atoms with Gasteiger partial charge in [0.15, 0.2) is 11.5 Å². The zero-order chi connectivity index (χ0) is 22.8. The van der Waals surface area contributed by atoms with Crippen LogP contribution in [0.2, 0.25) is 0 Å². The highest BCUT2D eigenvalue weighted by Crippen LogP contribution is 2.29. The first-order chi connectivity index (χ1) is 15.3. The van der Waals surface area contributed by atoms with Crippen molar-refractivity contribution in [2.24, 2.45) is 0 Å². The minimum atomic E-state index is -1.28. The minimum Gasteiger partial charge on any atom is -0.477 e. The lowest BCUT2D eigenvalue weighted by Crippen LogP contribution is -2.28. The van der Waals surface area contributed by atoms with Gasteiger partial charge in [0, 0.05) is 5.56 Å². The molecule has 4 rings (SSSR count). The van der Waals surface area contributed by atoms with Crippen molar-refractivity contribution >= 4 is 11.9 Å². The molecule has 0 unspecified atom stereocenters. The zero-order valence-electron chi connectivity index (χ0n) is 17.1. The number of hydrogen-bond acceptors (Lipinski definition) is 6. The van der Waals surface area contributed by atoms with E-state index in [1.165, 1.54) is 29.1 Å². The first-order valence-electron chi connectivity index (χ1n) is 9.64. The lowest BCUT2D eigenvalue weighted by molar-refractivity contribution is 0.0692. The summed E-state index contributed by atoms with van der Waals surface area (Å²) in [4.78, 5) is 26.1. The quantitative estimate of drug-likeness (QED) is 0.475. The molecule has 0 radical (unpaired) electrons. The average molecular weight is 435 g/mol. The van der Waals surface area contributed by atoms with Crippen molar-refractivity contribution in [1.29, 1.82) is 0 Å². The van der Waals surface area contributed by atoms with Crippen LogP contribution < -0.4 is 5.32 Å². The molecule has 162 valence electrons. The van der Waals surface area contributed by atoms with E-state index < -0.39 is 23.7 Å². The van der Waals surface area contributed by atoms with E-state index in [1.807, 2.05) is 18.2 Å². The second kappa shape index (κ2) is 8.42. The van der Waals surface area contributed by atoms with Gasteiger partial charge in [0.25, 0.3) is 5.91 Å². The van der Waals surface area contributed by atoms with Gasteiger partial charge >= 0.3 is 5.97 Å². The Morgan fingerprint density at radius 2 is 1.78 bits per heavy atom. The van der Waals surface area contributed by atoms with Crippen molar-refractivity contribution in [3.63, 3.8) is 0 Å². The van der Waals surface area contributed by atoms with Gasteiger partial charge in [-0.15, -0.1) is 5.10 Å². The molecule has 10 heteroatoms. The number of hydrogen-bond donors (Lipinski definition) is 2. The predicted octanol–water partition coefficient (Wildman–Crippen LogP) is 3.56. The van der Waals surface area contributed by atoms with E-state index in [-0.39, 0.29) is 22.7 Å². The smallest absolute Gasteiger partial charge is 0.341 e. The summed E-state index contributed by atoms with van der Waals surface area (Å²) in [5.74, 6) is -2.34. The Morgan fingerprint density at radius 3 is 2.44 bits per heavy atom. The molecule has 0 fully saturated rings. The Bertz CT molecular complexity index is 1280. The molecular weight excluding hydrogens is 417 g/mol. The molecule has 4 aromatic rings. The van der Waals surface area contributed by atoms with Crippen LogP contribution in [0.15, 0.2) is 59.1 Å². The first kappa shape index (κ1) is 20.9. The Kier molecular flexibility index (Phi) is 5.50. The van der Waals surface area contributed by atoms with Crippen LogP contribution in [0.4, 0.5) is 4.39 Å². The number of aromatic nitrogens is 4. The number of nitrogens with zero attached hydrogens (tertiary/aromatic N) is 4. The molecule has 0 saturated heterocycles. The second-order valence-corrected chi connectivity index (χ2v) is 7.04. The van der Waals surface area contributed by atoms with E-state index in [9.17, 15) is 19.1 Å². The van der Waals surface area contributed by atoms with Crippen molar-refractivity contribution in [3.05, 3.63) is 83.1 Å². The lowest BCUT2D eigenvalue weighted by atomic mass is 10.0. The number of carbonyl (C=O) groups is 2. The van der Waals surface area contributed by atoms with E-state index in [0.717, 1.165) is 0 Å². The van der Waals surface area contributed by atoms with Crippen molar-refractivity contribution in [2.75, 3.05) is 0 Å². The third kappa shape index (κ3) is 3.97. The highest BCUT2D eigenvalue weighted by molar-refractivity contribution is 5.97. The lowest BCUT2D eigenvalue weighted by Gasteiger charge is -2.11. The molecule has 0 bridgehead atoms. The number of nitrogens with one attached hydrogen (secondary N) is 1. The van der Waals surface area contributed by atoms with E-state index >= 15 is 0 Å². The Hall–Kier alpha value is -4.34. The molecule has 32 heavy (non-hydrogen) atoms. The number of carboxylic acid groups (broad SMARTS) is 1. The van der Waals surface area contributed by atoms with Crippen molar-refractivity contribution in [3.8, 4) is 16.9 Å². The molecule has 2 heterocycles. The number of rotatable bonds is 6. The summed E-state index contributed by atoms with van der Waals surface area (Å²) in [5, 5.41) is 24.7. The topological polar surface area (TPSA) is 123 Å². The van der Waals surface area contributed by atoms with Gasteiger partial charge in [-0.1, -0.05) is 23.4 Å². The Labute approximate surface area is 181 Å². The highest BCUT2D eigenvalue weighted by Gasteiger charge is 2.29. The highest BCUT2D eigenvalue weighted by atomic mass is 19.1. The molecule has 0 aliphatic heterocycles. The number of para-hydroxylation sites is 1. The number of carboxylic acids is 1. The SMILES string of the molecule is Cc1nn(-c2ccccc2)nc1C(=O)N[C@H](C)c1onc(-c2ccc(F)cc2)c1C(=O)O.